The lowest BCUT2D eigenvalue weighted by Crippen LogP contribution is -2.21. The van der Waals surface area contributed by atoms with Crippen LogP contribution in [0.5, 0.6) is 5.75 Å². The van der Waals surface area contributed by atoms with Crippen LogP contribution in [0.1, 0.15) is 22.3 Å². The number of carbonyl (C=O) groups is 1. The fraction of sp³-hybridized carbons (Fsp3) is 0.278. The summed E-state index contributed by atoms with van der Waals surface area (Å²) < 4.78 is 43.1. The number of aryl methyl sites for hydroxylation is 3. The predicted molar refractivity (Wildman–Crippen MR) is 86.2 cm³/mol. The summed E-state index contributed by atoms with van der Waals surface area (Å²) in [5.74, 6) is -0.431. The molecule has 0 aliphatic rings. The van der Waals surface area contributed by atoms with Crippen LogP contribution in [0.2, 0.25) is 0 Å². The van der Waals surface area contributed by atoms with Crippen molar-refractivity contribution in [1.82, 2.24) is 0 Å². The first-order valence-corrected chi connectivity index (χ1v) is 7.34. The lowest BCUT2D eigenvalue weighted by Gasteiger charge is -2.14. The SMILES string of the molecule is Cc1cc(C)c(NC(=O)COc2cccc(C(F)(F)F)c2)c(C)c1. The van der Waals surface area contributed by atoms with Gasteiger partial charge in [0.05, 0.1) is 5.56 Å². The molecule has 0 heterocycles. The van der Waals surface area contributed by atoms with Crippen molar-refractivity contribution >= 4 is 11.6 Å². The molecule has 2 rings (SSSR count). The Bertz CT molecular complexity index is 731. The van der Waals surface area contributed by atoms with Crippen molar-refractivity contribution in [2.24, 2.45) is 0 Å². The Hall–Kier alpha value is -2.50. The van der Waals surface area contributed by atoms with Gasteiger partial charge in [0.15, 0.2) is 6.61 Å². The van der Waals surface area contributed by atoms with Gasteiger partial charge in [-0.1, -0.05) is 23.8 Å². The van der Waals surface area contributed by atoms with Crippen molar-refractivity contribution in [3.05, 3.63) is 58.7 Å². The smallest absolute Gasteiger partial charge is 0.416 e. The van der Waals surface area contributed by atoms with E-state index in [2.05, 4.69) is 5.32 Å². The molecule has 0 aromatic heterocycles. The first-order valence-electron chi connectivity index (χ1n) is 7.34. The van der Waals surface area contributed by atoms with Gasteiger partial charge in [-0.2, -0.15) is 13.2 Å². The number of hydrogen-bond acceptors (Lipinski definition) is 2. The fourth-order valence-electron chi connectivity index (χ4n) is 2.46. The van der Waals surface area contributed by atoms with Crippen LogP contribution in [0.15, 0.2) is 36.4 Å². The molecule has 0 bridgehead atoms. The molecular formula is C18H18F3NO2. The maximum Gasteiger partial charge on any atom is 0.416 e. The quantitative estimate of drug-likeness (QED) is 0.882. The summed E-state index contributed by atoms with van der Waals surface area (Å²) in [6.45, 7) is 5.35. The Morgan fingerprint density at radius 3 is 2.29 bits per heavy atom. The average Bonchev–Trinajstić information content (AvgIpc) is 2.48. The van der Waals surface area contributed by atoms with Gasteiger partial charge >= 0.3 is 6.18 Å². The van der Waals surface area contributed by atoms with Crippen LogP contribution in [0.25, 0.3) is 0 Å². The zero-order valence-electron chi connectivity index (χ0n) is 13.6. The molecule has 3 nitrogen and oxygen atoms in total. The van der Waals surface area contributed by atoms with Gasteiger partial charge in [0, 0.05) is 5.69 Å². The van der Waals surface area contributed by atoms with E-state index in [0.29, 0.717) is 5.69 Å². The normalized spacial score (nSPS) is 11.2. The summed E-state index contributed by atoms with van der Waals surface area (Å²) in [5.41, 5.74) is 2.80. The van der Waals surface area contributed by atoms with Crippen LogP contribution in [0, 0.1) is 20.8 Å². The van der Waals surface area contributed by atoms with Crippen molar-refractivity contribution in [2.75, 3.05) is 11.9 Å². The molecule has 0 aliphatic heterocycles. The largest absolute Gasteiger partial charge is 0.484 e. The molecule has 0 saturated heterocycles. The fourth-order valence-corrected chi connectivity index (χ4v) is 2.46. The van der Waals surface area contributed by atoms with E-state index in [1.165, 1.54) is 12.1 Å². The summed E-state index contributed by atoms with van der Waals surface area (Å²) in [4.78, 5) is 12.0. The third kappa shape index (κ3) is 4.50. The van der Waals surface area contributed by atoms with Crippen molar-refractivity contribution in [1.29, 1.82) is 0 Å². The summed E-state index contributed by atoms with van der Waals surface area (Å²) in [6, 6.07) is 8.32. The van der Waals surface area contributed by atoms with Gasteiger partial charge in [0.2, 0.25) is 0 Å². The number of alkyl halides is 3. The Labute approximate surface area is 138 Å². The second-order valence-corrected chi connectivity index (χ2v) is 5.64. The highest BCUT2D eigenvalue weighted by molar-refractivity contribution is 5.93. The molecule has 1 amide bonds. The predicted octanol–water partition coefficient (Wildman–Crippen LogP) is 4.65. The van der Waals surface area contributed by atoms with Gasteiger partial charge in [0.25, 0.3) is 5.91 Å². The van der Waals surface area contributed by atoms with Crippen LogP contribution in [0.3, 0.4) is 0 Å². The molecule has 1 N–H and O–H groups in total. The lowest BCUT2D eigenvalue weighted by molar-refractivity contribution is -0.137. The molecule has 6 heteroatoms. The Kier molecular flexibility index (Phi) is 5.17. The highest BCUT2D eigenvalue weighted by atomic mass is 19.4. The number of benzene rings is 2. The van der Waals surface area contributed by atoms with Gasteiger partial charge in [-0.05, 0) is 50.1 Å². The number of nitrogens with one attached hydrogen (secondary N) is 1. The summed E-state index contributed by atoms with van der Waals surface area (Å²) in [7, 11) is 0. The molecular weight excluding hydrogens is 319 g/mol. The average molecular weight is 337 g/mol. The molecule has 0 saturated carbocycles. The Morgan fingerprint density at radius 2 is 1.71 bits per heavy atom. The third-order valence-electron chi connectivity index (χ3n) is 3.47. The maximum atomic E-state index is 12.6. The Morgan fingerprint density at radius 1 is 1.08 bits per heavy atom. The van der Waals surface area contributed by atoms with Crippen molar-refractivity contribution in [2.45, 2.75) is 26.9 Å². The van der Waals surface area contributed by atoms with E-state index in [1.54, 1.807) is 0 Å². The second-order valence-electron chi connectivity index (χ2n) is 5.64. The number of amides is 1. The number of ether oxygens (including phenoxy) is 1. The highest BCUT2D eigenvalue weighted by Crippen LogP contribution is 2.31. The molecule has 0 aliphatic carbocycles. The number of hydrogen-bond donors (Lipinski definition) is 1. The Balaban J connectivity index is 2.02. The van der Waals surface area contributed by atoms with E-state index in [4.69, 9.17) is 4.74 Å². The number of carbonyl (C=O) groups excluding carboxylic acids is 1. The van der Waals surface area contributed by atoms with Gasteiger partial charge in [-0.15, -0.1) is 0 Å². The van der Waals surface area contributed by atoms with Gasteiger partial charge in [-0.25, -0.2) is 0 Å². The van der Waals surface area contributed by atoms with E-state index in [-0.39, 0.29) is 12.4 Å². The molecule has 2 aromatic carbocycles. The first kappa shape index (κ1) is 17.8. The van der Waals surface area contributed by atoms with Gasteiger partial charge in [-0.3, -0.25) is 4.79 Å². The van der Waals surface area contributed by atoms with Crippen LogP contribution in [-0.2, 0) is 11.0 Å². The van der Waals surface area contributed by atoms with E-state index >= 15 is 0 Å². The van der Waals surface area contributed by atoms with Gasteiger partial charge in [0.1, 0.15) is 5.75 Å². The molecule has 0 spiro atoms. The van der Waals surface area contributed by atoms with Crippen molar-refractivity contribution < 1.29 is 22.7 Å². The molecule has 0 fully saturated rings. The van der Waals surface area contributed by atoms with Crippen molar-refractivity contribution in [3.63, 3.8) is 0 Å². The van der Waals surface area contributed by atoms with Gasteiger partial charge < -0.3 is 10.1 Å². The standard InChI is InChI=1S/C18H18F3NO2/c1-11-7-12(2)17(13(3)8-11)22-16(23)10-24-15-6-4-5-14(9-15)18(19,20)21/h4-9H,10H2,1-3H3,(H,22,23). The van der Waals surface area contributed by atoms with Crippen molar-refractivity contribution in [3.8, 4) is 5.75 Å². The lowest BCUT2D eigenvalue weighted by atomic mass is 10.1. The summed E-state index contributed by atoms with van der Waals surface area (Å²) in [5, 5.41) is 2.73. The minimum absolute atomic E-state index is 0.00248. The number of rotatable bonds is 4. The second kappa shape index (κ2) is 6.95. The summed E-state index contributed by atoms with van der Waals surface area (Å²) >= 11 is 0. The molecule has 2 aromatic rings. The van der Waals surface area contributed by atoms with Crippen LogP contribution < -0.4 is 10.1 Å². The minimum atomic E-state index is -4.45. The number of halogens is 3. The van der Waals surface area contributed by atoms with E-state index < -0.39 is 17.6 Å². The molecule has 0 atom stereocenters. The topological polar surface area (TPSA) is 38.3 Å². The van der Waals surface area contributed by atoms with E-state index in [9.17, 15) is 18.0 Å². The van der Waals surface area contributed by atoms with E-state index in [0.717, 1.165) is 28.8 Å². The van der Waals surface area contributed by atoms with E-state index in [1.807, 2.05) is 32.9 Å². The zero-order valence-corrected chi connectivity index (χ0v) is 13.6. The van der Waals surface area contributed by atoms with Crippen LogP contribution >= 0.6 is 0 Å². The third-order valence-corrected chi connectivity index (χ3v) is 3.47. The van der Waals surface area contributed by atoms with Crippen LogP contribution in [0.4, 0.5) is 18.9 Å². The molecule has 0 unspecified atom stereocenters. The zero-order chi connectivity index (χ0) is 17.9. The molecule has 0 radical (unpaired) electrons. The number of anilines is 1. The maximum absolute atomic E-state index is 12.6. The summed E-state index contributed by atoms with van der Waals surface area (Å²) in [6.07, 6.45) is -4.45. The highest BCUT2D eigenvalue weighted by Gasteiger charge is 2.30. The first-order chi connectivity index (χ1) is 11.2. The monoisotopic (exact) mass is 337 g/mol. The molecule has 128 valence electrons. The minimum Gasteiger partial charge on any atom is -0.484 e. The molecule has 24 heavy (non-hydrogen) atoms. The van der Waals surface area contributed by atoms with Crippen LogP contribution in [-0.4, -0.2) is 12.5 Å².